The van der Waals surface area contributed by atoms with Gasteiger partial charge in [0.15, 0.2) is 0 Å². The van der Waals surface area contributed by atoms with E-state index in [0.29, 0.717) is 22.6 Å². The molecule has 0 bridgehead atoms. The summed E-state index contributed by atoms with van der Waals surface area (Å²) in [7, 11) is 1.48. The van der Waals surface area contributed by atoms with Gasteiger partial charge in [-0.15, -0.1) is 13.2 Å². The zero-order valence-corrected chi connectivity index (χ0v) is 16.8. The number of para-hydroxylation sites is 2. The lowest BCUT2D eigenvalue weighted by atomic mass is 10.0. The largest absolute Gasteiger partial charge is 0.573 e. The molecule has 5 nitrogen and oxygen atoms in total. The van der Waals surface area contributed by atoms with E-state index in [-0.39, 0.29) is 22.8 Å². The van der Waals surface area contributed by atoms with Gasteiger partial charge in [-0.2, -0.15) is 0 Å². The van der Waals surface area contributed by atoms with Crippen LogP contribution < -0.4 is 9.47 Å². The van der Waals surface area contributed by atoms with Gasteiger partial charge < -0.3 is 14.0 Å². The number of aromatic nitrogens is 2. The Kier molecular flexibility index (Phi) is 5.68. The molecule has 0 N–H and O–H groups in total. The fourth-order valence-electron chi connectivity index (χ4n) is 3.30. The summed E-state index contributed by atoms with van der Waals surface area (Å²) in [5, 5.41) is 0. The summed E-state index contributed by atoms with van der Waals surface area (Å²) < 4.78 is 49.4. The summed E-state index contributed by atoms with van der Waals surface area (Å²) in [6, 6.07) is 19.6. The number of carbonyl (C=O) groups excluding carboxylic acids is 1. The number of imidazole rings is 1. The first-order chi connectivity index (χ1) is 15.4. The number of ketones is 1. The first-order valence-corrected chi connectivity index (χ1v) is 9.53. The molecule has 0 atom stereocenters. The molecule has 32 heavy (non-hydrogen) atoms. The van der Waals surface area contributed by atoms with E-state index in [1.54, 1.807) is 71.4 Å². The van der Waals surface area contributed by atoms with Crippen LogP contribution in [0, 0.1) is 0 Å². The molecule has 0 amide bonds. The Morgan fingerprint density at radius 1 is 0.938 bits per heavy atom. The molecule has 4 aromatic rings. The van der Waals surface area contributed by atoms with Gasteiger partial charge in [-0.25, -0.2) is 4.98 Å². The van der Waals surface area contributed by atoms with E-state index in [1.807, 2.05) is 0 Å². The number of hydrogen-bond acceptors (Lipinski definition) is 4. The third-order valence-electron chi connectivity index (χ3n) is 4.73. The Balaban J connectivity index is 1.66. The minimum Gasteiger partial charge on any atom is -0.496 e. The van der Waals surface area contributed by atoms with Crippen molar-refractivity contribution in [3.63, 3.8) is 0 Å². The zero-order chi connectivity index (χ0) is 22.7. The van der Waals surface area contributed by atoms with Crippen molar-refractivity contribution in [3.05, 3.63) is 96.6 Å². The molecule has 0 fully saturated rings. The van der Waals surface area contributed by atoms with E-state index in [1.165, 1.54) is 25.6 Å². The van der Waals surface area contributed by atoms with Crippen LogP contribution in [0.15, 0.2) is 85.3 Å². The van der Waals surface area contributed by atoms with Crippen LogP contribution in [0.3, 0.4) is 0 Å². The Labute approximate surface area is 181 Å². The normalized spacial score (nSPS) is 11.2. The van der Waals surface area contributed by atoms with Gasteiger partial charge in [0.05, 0.1) is 12.7 Å². The molecule has 0 saturated carbocycles. The van der Waals surface area contributed by atoms with Crippen LogP contribution in [0.25, 0.3) is 16.8 Å². The van der Waals surface area contributed by atoms with Crippen LogP contribution in [0.5, 0.6) is 11.5 Å². The molecule has 0 saturated heterocycles. The van der Waals surface area contributed by atoms with Gasteiger partial charge in [0.1, 0.15) is 23.5 Å². The Hall–Kier alpha value is -4.07. The monoisotopic (exact) mass is 438 g/mol. The first-order valence-electron chi connectivity index (χ1n) is 9.53. The van der Waals surface area contributed by atoms with Gasteiger partial charge in [0, 0.05) is 17.4 Å². The lowest BCUT2D eigenvalue weighted by Crippen LogP contribution is -2.17. The molecule has 0 aliphatic heterocycles. The van der Waals surface area contributed by atoms with Crippen LogP contribution in [0.1, 0.15) is 16.1 Å². The van der Waals surface area contributed by atoms with E-state index in [0.717, 1.165) is 0 Å². The number of hydrogen-bond donors (Lipinski definition) is 0. The number of methoxy groups -OCH3 is 1. The van der Waals surface area contributed by atoms with E-state index < -0.39 is 6.36 Å². The summed E-state index contributed by atoms with van der Waals surface area (Å²) >= 11 is 0. The smallest absolute Gasteiger partial charge is 0.496 e. The first kappa shape index (κ1) is 21.2. The summed E-state index contributed by atoms with van der Waals surface area (Å²) in [6.07, 6.45) is -1.77. The van der Waals surface area contributed by atoms with Crippen molar-refractivity contribution in [2.24, 2.45) is 0 Å². The predicted octanol–water partition coefficient (Wildman–Crippen LogP) is 5.68. The second kappa shape index (κ2) is 8.58. The molecule has 1 heterocycles. The lowest BCUT2D eigenvalue weighted by molar-refractivity contribution is -0.274. The SMILES string of the molecule is COc1ccccc1C(=O)c1cn(-c2cccc(-c3ccccc3OC(F)(F)F)c2)cn1. The van der Waals surface area contributed by atoms with Crippen molar-refractivity contribution in [2.45, 2.75) is 6.36 Å². The van der Waals surface area contributed by atoms with E-state index in [2.05, 4.69) is 9.72 Å². The maximum absolute atomic E-state index is 12.9. The second-order valence-electron chi connectivity index (χ2n) is 6.79. The zero-order valence-electron chi connectivity index (χ0n) is 16.8. The topological polar surface area (TPSA) is 53.4 Å². The molecule has 162 valence electrons. The molecular formula is C24H17F3N2O3. The van der Waals surface area contributed by atoms with E-state index in [9.17, 15) is 18.0 Å². The van der Waals surface area contributed by atoms with Crippen LogP contribution in [-0.2, 0) is 0 Å². The van der Waals surface area contributed by atoms with Crippen molar-refractivity contribution < 1.29 is 27.4 Å². The summed E-state index contributed by atoms with van der Waals surface area (Å²) in [5.74, 6) is -0.161. The Morgan fingerprint density at radius 2 is 1.66 bits per heavy atom. The number of halogens is 3. The number of benzene rings is 3. The van der Waals surface area contributed by atoms with Gasteiger partial charge in [-0.3, -0.25) is 4.79 Å². The maximum Gasteiger partial charge on any atom is 0.573 e. The fraction of sp³-hybridized carbons (Fsp3) is 0.0833. The standard InChI is InChI=1S/C24H17F3N2O3/c1-31-21-11-4-3-10-19(21)23(30)20-14-29(15-28-20)17-8-6-7-16(13-17)18-9-2-5-12-22(18)32-24(25,26)27/h2-15H,1H3. The van der Waals surface area contributed by atoms with Crippen molar-refractivity contribution in [3.8, 4) is 28.3 Å². The van der Waals surface area contributed by atoms with Gasteiger partial charge in [-0.05, 0) is 35.9 Å². The van der Waals surface area contributed by atoms with Crippen molar-refractivity contribution >= 4 is 5.78 Å². The molecule has 0 aliphatic rings. The minimum absolute atomic E-state index is 0.209. The molecular weight excluding hydrogens is 421 g/mol. The highest BCUT2D eigenvalue weighted by molar-refractivity contribution is 6.09. The van der Waals surface area contributed by atoms with Crippen molar-refractivity contribution in [1.29, 1.82) is 0 Å². The molecule has 0 spiro atoms. The minimum atomic E-state index is -4.80. The van der Waals surface area contributed by atoms with Crippen LogP contribution in [-0.4, -0.2) is 28.8 Å². The number of carbonyl (C=O) groups is 1. The molecule has 4 rings (SSSR count). The summed E-state index contributed by atoms with van der Waals surface area (Å²) in [4.78, 5) is 17.1. The average molecular weight is 438 g/mol. The third-order valence-corrected chi connectivity index (χ3v) is 4.73. The quantitative estimate of drug-likeness (QED) is 0.364. The predicted molar refractivity (Wildman–Crippen MR) is 112 cm³/mol. The summed E-state index contributed by atoms with van der Waals surface area (Å²) in [5.41, 5.74) is 2.02. The van der Waals surface area contributed by atoms with Crippen LogP contribution in [0.4, 0.5) is 13.2 Å². The second-order valence-corrected chi connectivity index (χ2v) is 6.79. The highest BCUT2D eigenvalue weighted by Crippen LogP contribution is 2.34. The average Bonchev–Trinajstić information content (AvgIpc) is 3.28. The highest BCUT2D eigenvalue weighted by atomic mass is 19.4. The lowest BCUT2D eigenvalue weighted by Gasteiger charge is -2.14. The van der Waals surface area contributed by atoms with Crippen molar-refractivity contribution in [2.75, 3.05) is 7.11 Å². The maximum atomic E-state index is 12.9. The molecule has 1 aromatic heterocycles. The fourth-order valence-corrected chi connectivity index (χ4v) is 3.30. The van der Waals surface area contributed by atoms with Crippen molar-refractivity contribution in [1.82, 2.24) is 9.55 Å². The van der Waals surface area contributed by atoms with Crippen LogP contribution >= 0.6 is 0 Å². The van der Waals surface area contributed by atoms with E-state index in [4.69, 9.17) is 4.74 Å². The number of rotatable bonds is 6. The van der Waals surface area contributed by atoms with Gasteiger partial charge in [-0.1, -0.05) is 42.5 Å². The number of alkyl halides is 3. The molecule has 8 heteroatoms. The number of nitrogens with zero attached hydrogens (tertiary/aromatic N) is 2. The van der Waals surface area contributed by atoms with Gasteiger partial charge in [0.25, 0.3) is 0 Å². The van der Waals surface area contributed by atoms with Gasteiger partial charge >= 0.3 is 6.36 Å². The van der Waals surface area contributed by atoms with Crippen LogP contribution in [0.2, 0.25) is 0 Å². The number of ether oxygens (including phenoxy) is 2. The Morgan fingerprint density at radius 3 is 2.41 bits per heavy atom. The highest BCUT2D eigenvalue weighted by Gasteiger charge is 2.32. The summed E-state index contributed by atoms with van der Waals surface area (Å²) in [6.45, 7) is 0. The molecule has 0 radical (unpaired) electrons. The molecule has 0 unspecified atom stereocenters. The molecule has 0 aliphatic carbocycles. The third kappa shape index (κ3) is 4.49. The van der Waals surface area contributed by atoms with E-state index >= 15 is 0 Å². The Bertz CT molecular complexity index is 1270. The van der Waals surface area contributed by atoms with Gasteiger partial charge in [0.2, 0.25) is 5.78 Å². The molecule has 3 aromatic carbocycles.